The first-order valence-electron chi connectivity index (χ1n) is 7.25. The van der Waals surface area contributed by atoms with E-state index < -0.39 is 4.92 Å². The first-order chi connectivity index (χ1) is 11.5. The van der Waals surface area contributed by atoms with E-state index in [2.05, 4.69) is 4.98 Å². The van der Waals surface area contributed by atoms with Crippen LogP contribution in [0.4, 0.5) is 5.69 Å². The summed E-state index contributed by atoms with van der Waals surface area (Å²) in [5.41, 5.74) is 1.89. The van der Waals surface area contributed by atoms with Gasteiger partial charge in [0.05, 0.1) is 17.5 Å². The fourth-order valence-corrected chi connectivity index (χ4v) is 2.63. The van der Waals surface area contributed by atoms with Gasteiger partial charge in [0, 0.05) is 28.3 Å². The van der Waals surface area contributed by atoms with Crippen LogP contribution in [0.3, 0.4) is 0 Å². The standard InChI is InChI=1S/C18H14N2O4/c1-11-9-14(13-5-3-4-6-15(13)19-11)18(21)12-7-8-17(24-2)16(10-12)20(22)23/h3-10H,1-2H3. The van der Waals surface area contributed by atoms with Gasteiger partial charge in [0.15, 0.2) is 11.5 Å². The third-order valence-corrected chi connectivity index (χ3v) is 3.73. The van der Waals surface area contributed by atoms with Crippen LogP contribution in [0.15, 0.2) is 48.5 Å². The Bertz CT molecular complexity index is 966. The third-order valence-electron chi connectivity index (χ3n) is 3.73. The SMILES string of the molecule is COc1ccc(C(=O)c2cc(C)nc3ccccc23)cc1[N+](=O)[O-]. The molecular formula is C18H14N2O4. The summed E-state index contributed by atoms with van der Waals surface area (Å²) in [6.45, 7) is 1.81. The number of aromatic nitrogens is 1. The number of benzene rings is 2. The lowest BCUT2D eigenvalue weighted by Crippen LogP contribution is -2.05. The lowest BCUT2D eigenvalue weighted by atomic mass is 9.98. The molecule has 2 aromatic carbocycles. The van der Waals surface area contributed by atoms with Crippen molar-refractivity contribution in [3.63, 3.8) is 0 Å². The van der Waals surface area contributed by atoms with Crippen molar-refractivity contribution in [3.05, 3.63) is 75.5 Å². The smallest absolute Gasteiger partial charge is 0.311 e. The van der Waals surface area contributed by atoms with E-state index >= 15 is 0 Å². The Hall–Kier alpha value is -3.28. The number of nitro benzene ring substituents is 1. The van der Waals surface area contributed by atoms with Crippen LogP contribution in [0.1, 0.15) is 21.6 Å². The molecular weight excluding hydrogens is 308 g/mol. The number of pyridine rings is 1. The molecule has 0 spiro atoms. The molecule has 0 amide bonds. The van der Waals surface area contributed by atoms with Crippen LogP contribution in [-0.4, -0.2) is 22.8 Å². The number of ether oxygens (including phenoxy) is 1. The monoisotopic (exact) mass is 322 g/mol. The van der Waals surface area contributed by atoms with Gasteiger partial charge in [0.2, 0.25) is 0 Å². The Morgan fingerprint density at radius 2 is 1.92 bits per heavy atom. The first-order valence-corrected chi connectivity index (χ1v) is 7.25. The second-order valence-electron chi connectivity index (χ2n) is 5.30. The summed E-state index contributed by atoms with van der Waals surface area (Å²) < 4.78 is 4.97. The molecule has 0 fully saturated rings. The Morgan fingerprint density at radius 3 is 2.62 bits per heavy atom. The zero-order valence-corrected chi connectivity index (χ0v) is 13.1. The van der Waals surface area contributed by atoms with Gasteiger partial charge in [-0.1, -0.05) is 18.2 Å². The third kappa shape index (κ3) is 2.69. The summed E-state index contributed by atoms with van der Waals surface area (Å²) in [5.74, 6) is -0.172. The van der Waals surface area contributed by atoms with Gasteiger partial charge < -0.3 is 4.74 Å². The number of hydrogen-bond donors (Lipinski definition) is 0. The summed E-state index contributed by atoms with van der Waals surface area (Å²) in [6.07, 6.45) is 0. The largest absolute Gasteiger partial charge is 0.490 e. The van der Waals surface area contributed by atoms with Gasteiger partial charge >= 0.3 is 5.69 Å². The van der Waals surface area contributed by atoms with E-state index in [1.165, 1.54) is 25.3 Å². The lowest BCUT2D eigenvalue weighted by molar-refractivity contribution is -0.385. The molecule has 6 heteroatoms. The summed E-state index contributed by atoms with van der Waals surface area (Å²) >= 11 is 0. The molecule has 0 bridgehead atoms. The van der Waals surface area contributed by atoms with Crippen LogP contribution in [0.2, 0.25) is 0 Å². The average molecular weight is 322 g/mol. The molecule has 0 saturated carbocycles. The number of ketones is 1. The van der Waals surface area contributed by atoms with Crippen molar-refractivity contribution in [2.45, 2.75) is 6.92 Å². The maximum Gasteiger partial charge on any atom is 0.311 e. The van der Waals surface area contributed by atoms with Crippen LogP contribution in [0.25, 0.3) is 10.9 Å². The van der Waals surface area contributed by atoms with E-state index in [-0.39, 0.29) is 22.8 Å². The van der Waals surface area contributed by atoms with Crippen molar-refractivity contribution in [1.29, 1.82) is 0 Å². The molecule has 6 nitrogen and oxygen atoms in total. The number of para-hydroxylation sites is 1. The highest BCUT2D eigenvalue weighted by molar-refractivity contribution is 6.16. The molecule has 0 unspecified atom stereocenters. The Balaban J connectivity index is 2.17. The van der Waals surface area contributed by atoms with Gasteiger partial charge in [-0.05, 0) is 31.2 Å². The molecule has 0 N–H and O–H groups in total. The second-order valence-corrected chi connectivity index (χ2v) is 5.30. The molecule has 0 aliphatic rings. The topological polar surface area (TPSA) is 82.3 Å². The van der Waals surface area contributed by atoms with Gasteiger partial charge in [-0.25, -0.2) is 0 Å². The van der Waals surface area contributed by atoms with Crippen molar-refractivity contribution < 1.29 is 14.5 Å². The normalized spacial score (nSPS) is 10.6. The summed E-state index contributed by atoms with van der Waals surface area (Å²) in [5, 5.41) is 11.9. The van der Waals surface area contributed by atoms with Crippen LogP contribution in [0, 0.1) is 17.0 Å². The van der Waals surface area contributed by atoms with E-state index in [4.69, 9.17) is 4.74 Å². The number of fused-ring (bicyclic) bond motifs is 1. The Labute approximate surface area is 137 Å². The average Bonchev–Trinajstić information content (AvgIpc) is 2.59. The molecule has 0 saturated heterocycles. The van der Waals surface area contributed by atoms with Crippen molar-refractivity contribution in [3.8, 4) is 5.75 Å². The molecule has 0 aliphatic carbocycles. The molecule has 3 rings (SSSR count). The molecule has 24 heavy (non-hydrogen) atoms. The summed E-state index contributed by atoms with van der Waals surface area (Å²) in [7, 11) is 1.35. The van der Waals surface area contributed by atoms with Crippen molar-refractivity contribution in [2.24, 2.45) is 0 Å². The molecule has 1 heterocycles. The minimum absolute atomic E-state index is 0.118. The maximum atomic E-state index is 12.9. The van der Waals surface area contributed by atoms with Gasteiger partial charge in [0.25, 0.3) is 0 Å². The fourth-order valence-electron chi connectivity index (χ4n) is 2.63. The second kappa shape index (κ2) is 6.08. The first kappa shape index (κ1) is 15.6. The van der Waals surface area contributed by atoms with Gasteiger partial charge in [0.1, 0.15) is 0 Å². The highest BCUT2D eigenvalue weighted by Gasteiger charge is 2.20. The quantitative estimate of drug-likeness (QED) is 0.415. The Kier molecular flexibility index (Phi) is 3.95. The number of rotatable bonds is 4. The lowest BCUT2D eigenvalue weighted by Gasteiger charge is -2.08. The van der Waals surface area contributed by atoms with E-state index in [0.717, 1.165) is 0 Å². The zero-order chi connectivity index (χ0) is 17.3. The van der Waals surface area contributed by atoms with E-state index in [1.54, 1.807) is 13.0 Å². The number of carbonyl (C=O) groups excluding carboxylic acids is 1. The zero-order valence-electron chi connectivity index (χ0n) is 13.1. The van der Waals surface area contributed by atoms with Gasteiger partial charge in [-0.15, -0.1) is 0 Å². The minimum Gasteiger partial charge on any atom is -0.490 e. The predicted octanol–water partition coefficient (Wildman–Crippen LogP) is 3.69. The maximum absolute atomic E-state index is 12.9. The number of carbonyl (C=O) groups is 1. The number of methoxy groups -OCH3 is 1. The van der Waals surface area contributed by atoms with Crippen LogP contribution in [0.5, 0.6) is 5.75 Å². The Morgan fingerprint density at radius 1 is 1.17 bits per heavy atom. The highest BCUT2D eigenvalue weighted by atomic mass is 16.6. The van der Waals surface area contributed by atoms with E-state index in [1.807, 2.05) is 24.3 Å². The van der Waals surface area contributed by atoms with Crippen LogP contribution >= 0.6 is 0 Å². The predicted molar refractivity (Wildman–Crippen MR) is 89.6 cm³/mol. The van der Waals surface area contributed by atoms with Crippen molar-refractivity contribution >= 4 is 22.4 Å². The van der Waals surface area contributed by atoms with E-state index in [9.17, 15) is 14.9 Å². The van der Waals surface area contributed by atoms with Gasteiger partial charge in [-0.3, -0.25) is 19.9 Å². The molecule has 1 aromatic heterocycles. The molecule has 120 valence electrons. The number of nitro groups is 1. The van der Waals surface area contributed by atoms with Gasteiger partial charge in [-0.2, -0.15) is 0 Å². The molecule has 0 atom stereocenters. The number of hydrogen-bond acceptors (Lipinski definition) is 5. The summed E-state index contributed by atoms with van der Waals surface area (Å²) in [6, 6.07) is 13.2. The number of nitrogens with zero attached hydrogens (tertiary/aromatic N) is 2. The highest BCUT2D eigenvalue weighted by Crippen LogP contribution is 2.29. The van der Waals surface area contributed by atoms with Crippen LogP contribution in [-0.2, 0) is 0 Å². The summed E-state index contributed by atoms with van der Waals surface area (Å²) in [4.78, 5) is 27.9. The van der Waals surface area contributed by atoms with Crippen molar-refractivity contribution in [2.75, 3.05) is 7.11 Å². The fraction of sp³-hybridized carbons (Fsp3) is 0.111. The molecule has 0 radical (unpaired) electrons. The molecule has 0 aliphatic heterocycles. The van der Waals surface area contributed by atoms with E-state index in [0.29, 0.717) is 22.2 Å². The van der Waals surface area contributed by atoms with Crippen molar-refractivity contribution in [1.82, 2.24) is 4.98 Å². The molecule has 3 aromatic rings. The minimum atomic E-state index is -0.564. The van der Waals surface area contributed by atoms with Crippen LogP contribution < -0.4 is 4.74 Å². The number of aryl methyl sites for hydroxylation is 1.